The predicted octanol–water partition coefficient (Wildman–Crippen LogP) is 15.5. The summed E-state index contributed by atoms with van der Waals surface area (Å²) in [4.78, 5) is 2.44. The van der Waals surface area contributed by atoms with Gasteiger partial charge in [0.25, 0.3) is 0 Å². The molecule has 0 N–H and O–H groups in total. The van der Waals surface area contributed by atoms with Crippen molar-refractivity contribution < 1.29 is 0 Å². The second-order valence-corrected chi connectivity index (χ2v) is 15.2. The van der Waals surface area contributed by atoms with Crippen LogP contribution in [0.4, 0.5) is 17.1 Å². The van der Waals surface area contributed by atoms with Crippen molar-refractivity contribution in [3.05, 3.63) is 200 Å². The summed E-state index contributed by atoms with van der Waals surface area (Å²) in [5.74, 6) is 0. The first-order chi connectivity index (χ1) is 26.8. The Labute approximate surface area is 317 Å². The number of benzene rings is 10. The van der Waals surface area contributed by atoms with Crippen molar-refractivity contribution in [3.8, 4) is 22.3 Å². The number of rotatable bonds is 5. The molecular weight excluding hydrogens is 671 g/mol. The van der Waals surface area contributed by atoms with Crippen LogP contribution in [0.1, 0.15) is 0 Å². The number of anilines is 3. The van der Waals surface area contributed by atoms with Gasteiger partial charge < -0.3 is 4.90 Å². The molecule has 0 aliphatic rings. The highest BCUT2D eigenvalue weighted by atomic mass is 32.1. The lowest BCUT2D eigenvalue weighted by Gasteiger charge is -2.27. The number of nitrogens with zero attached hydrogens (tertiary/aromatic N) is 1. The van der Waals surface area contributed by atoms with Gasteiger partial charge in [0.05, 0.1) is 5.69 Å². The van der Waals surface area contributed by atoms with Crippen molar-refractivity contribution in [2.24, 2.45) is 0 Å². The fourth-order valence-corrected chi connectivity index (χ4v) is 9.60. The first-order valence-electron chi connectivity index (χ1n) is 18.5. The summed E-state index contributed by atoms with van der Waals surface area (Å²) in [6.45, 7) is 0. The van der Waals surface area contributed by atoms with Crippen molar-refractivity contribution in [2.45, 2.75) is 0 Å². The van der Waals surface area contributed by atoms with Gasteiger partial charge in [-0.05, 0) is 120 Å². The summed E-state index contributed by atoms with van der Waals surface area (Å²) in [7, 11) is 0. The Hall–Kier alpha value is -6.74. The van der Waals surface area contributed by atoms with Crippen LogP contribution in [-0.2, 0) is 0 Å². The van der Waals surface area contributed by atoms with E-state index in [0.717, 1.165) is 11.4 Å². The van der Waals surface area contributed by atoms with Gasteiger partial charge in [0.1, 0.15) is 0 Å². The Bertz CT molecular complexity index is 3190. The standard InChI is InChI=1S/C52H33NS/c1-2-11-34(12-3-1)35-23-27-41(28-24-35)53(48-19-10-20-49-52(48)47-31-38-14-4-5-15-39(38)33-50(47)54-49)42-29-25-37(26-30-42)46-32-40-22-21-36-13-6-7-16-43(36)51(40)45-18-9-8-17-44(45)46/h1-33H. The molecule has 0 saturated heterocycles. The van der Waals surface area contributed by atoms with Crippen LogP contribution in [0, 0.1) is 0 Å². The molecule has 0 saturated carbocycles. The maximum atomic E-state index is 2.44. The monoisotopic (exact) mass is 703 g/mol. The summed E-state index contributed by atoms with van der Waals surface area (Å²) >= 11 is 1.87. The molecule has 11 aromatic rings. The minimum absolute atomic E-state index is 1.12. The zero-order valence-electron chi connectivity index (χ0n) is 29.4. The van der Waals surface area contributed by atoms with E-state index in [2.05, 4.69) is 205 Å². The lowest BCUT2D eigenvalue weighted by Crippen LogP contribution is -2.10. The molecule has 11 rings (SSSR count). The fourth-order valence-electron chi connectivity index (χ4n) is 8.45. The molecule has 0 aliphatic carbocycles. The van der Waals surface area contributed by atoms with E-state index in [0.29, 0.717) is 0 Å². The predicted molar refractivity (Wildman–Crippen MR) is 235 cm³/mol. The van der Waals surface area contributed by atoms with E-state index in [4.69, 9.17) is 0 Å². The molecule has 0 unspecified atom stereocenters. The topological polar surface area (TPSA) is 3.24 Å². The van der Waals surface area contributed by atoms with Crippen molar-refractivity contribution in [2.75, 3.05) is 4.90 Å². The maximum absolute atomic E-state index is 2.44. The molecule has 0 aliphatic heterocycles. The molecular formula is C52H33NS. The number of hydrogen-bond acceptors (Lipinski definition) is 2. The second kappa shape index (κ2) is 12.4. The Kier molecular flexibility index (Phi) is 7.11. The Morgan fingerprint density at radius 3 is 1.67 bits per heavy atom. The van der Waals surface area contributed by atoms with E-state index in [1.54, 1.807) is 0 Å². The third kappa shape index (κ3) is 4.99. The lowest BCUT2D eigenvalue weighted by molar-refractivity contribution is 1.30. The van der Waals surface area contributed by atoms with Crippen LogP contribution in [0.5, 0.6) is 0 Å². The maximum Gasteiger partial charge on any atom is 0.0554 e. The Morgan fingerprint density at radius 2 is 0.907 bits per heavy atom. The summed E-state index contributed by atoms with van der Waals surface area (Å²) in [6, 6.07) is 73.5. The van der Waals surface area contributed by atoms with Gasteiger partial charge in [-0.1, -0.05) is 146 Å². The molecule has 0 fully saturated rings. The van der Waals surface area contributed by atoms with Crippen LogP contribution in [0.2, 0.25) is 0 Å². The van der Waals surface area contributed by atoms with Crippen molar-refractivity contribution in [1.29, 1.82) is 0 Å². The van der Waals surface area contributed by atoms with E-state index in [-0.39, 0.29) is 0 Å². The van der Waals surface area contributed by atoms with E-state index >= 15 is 0 Å². The molecule has 0 atom stereocenters. The minimum atomic E-state index is 1.12. The van der Waals surface area contributed by atoms with Crippen LogP contribution >= 0.6 is 11.3 Å². The normalized spacial score (nSPS) is 11.7. The summed E-state index contributed by atoms with van der Waals surface area (Å²) in [6.07, 6.45) is 0. The summed E-state index contributed by atoms with van der Waals surface area (Å²) in [5.41, 5.74) is 8.29. The minimum Gasteiger partial charge on any atom is -0.310 e. The zero-order chi connectivity index (χ0) is 35.6. The molecule has 0 radical (unpaired) electrons. The van der Waals surface area contributed by atoms with Crippen molar-refractivity contribution >= 4 is 91.7 Å². The van der Waals surface area contributed by atoms with E-state index in [1.807, 2.05) is 11.3 Å². The molecule has 2 heteroatoms. The highest BCUT2D eigenvalue weighted by Crippen LogP contribution is 2.47. The zero-order valence-corrected chi connectivity index (χ0v) is 30.2. The second-order valence-electron chi connectivity index (χ2n) is 14.1. The van der Waals surface area contributed by atoms with Gasteiger partial charge in [0, 0.05) is 31.5 Å². The van der Waals surface area contributed by atoms with Crippen LogP contribution in [0.15, 0.2) is 200 Å². The first-order valence-corrected chi connectivity index (χ1v) is 19.3. The van der Waals surface area contributed by atoms with Gasteiger partial charge >= 0.3 is 0 Å². The van der Waals surface area contributed by atoms with Gasteiger partial charge in [-0.15, -0.1) is 11.3 Å². The van der Waals surface area contributed by atoms with Crippen molar-refractivity contribution in [3.63, 3.8) is 0 Å². The summed E-state index contributed by atoms with van der Waals surface area (Å²) in [5, 5.41) is 12.8. The van der Waals surface area contributed by atoms with Gasteiger partial charge in [-0.25, -0.2) is 0 Å². The molecule has 0 bridgehead atoms. The molecule has 252 valence electrons. The average Bonchev–Trinajstić information content (AvgIpc) is 3.61. The molecule has 0 spiro atoms. The summed E-state index contributed by atoms with van der Waals surface area (Å²) < 4.78 is 2.59. The van der Waals surface area contributed by atoms with Crippen LogP contribution in [0.25, 0.3) is 85.5 Å². The van der Waals surface area contributed by atoms with Gasteiger partial charge in [-0.3, -0.25) is 0 Å². The number of hydrogen-bond donors (Lipinski definition) is 0. The largest absolute Gasteiger partial charge is 0.310 e. The Morgan fingerprint density at radius 1 is 0.315 bits per heavy atom. The van der Waals surface area contributed by atoms with E-state index < -0.39 is 0 Å². The van der Waals surface area contributed by atoms with Crippen molar-refractivity contribution in [1.82, 2.24) is 0 Å². The molecule has 0 amide bonds. The SMILES string of the molecule is c1ccc(-c2ccc(N(c3ccc(-c4cc5ccc6ccccc6c5c5ccccc45)cc3)c3cccc4sc5cc6ccccc6cc5c34)cc2)cc1. The van der Waals surface area contributed by atoms with Gasteiger partial charge in [0.2, 0.25) is 0 Å². The quantitative estimate of drug-likeness (QED) is 0.161. The van der Waals surface area contributed by atoms with Gasteiger partial charge in [-0.2, -0.15) is 0 Å². The molecule has 54 heavy (non-hydrogen) atoms. The van der Waals surface area contributed by atoms with Crippen LogP contribution < -0.4 is 4.90 Å². The molecule has 1 nitrogen and oxygen atoms in total. The highest BCUT2D eigenvalue weighted by Gasteiger charge is 2.20. The third-order valence-corrected chi connectivity index (χ3v) is 12.1. The smallest absolute Gasteiger partial charge is 0.0554 e. The fraction of sp³-hybridized carbons (Fsp3) is 0. The lowest BCUT2D eigenvalue weighted by atomic mass is 9.90. The molecule has 1 aromatic heterocycles. The Balaban J connectivity index is 1.10. The van der Waals surface area contributed by atoms with Crippen LogP contribution in [0.3, 0.4) is 0 Å². The number of fused-ring (bicyclic) bond motifs is 9. The van der Waals surface area contributed by atoms with E-state index in [1.165, 1.54) is 91.2 Å². The third-order valence-electron chi connectivity index (χ3n) is 11.0. The number of thiophene rings is 1. The molecule has 10 aromatic carbocycles. The van der Waals surface area contributed by atoms with E-state index in [9.17, 15) is 0 Å². The first kappa shape index (κ1) is 30.8. The average molecular weight is 704 g/mol. The highest BCUT2D eigenvalue weighted by molar-refractivity contribution is 7.26. The van der Waals surface area contributed by atoms with Crippen LogP contribution in [-0.4, -0.2) is 0 Å². The molecule has 1 heterocycles. The van der Waals surface area contributed by atoms with Gasteiger partial charge in [0.15, 0.2) is 0 Å².